The molecule has 0 radical (unpaired) electrons. The maximum absolute atomic E-state index is 10.7. The summed E-state index contributed by atoms with van der Waals surface area (Å²) in [7, 11) is 0. The Hall–Kier alpha value is -1.35. The Kier molecular flexibility index (Phi) is 8.88. The smallest absolute Gasteiger partial charge is 0.304 e. The predicted octanol–water partition coefficient (Wildman–Crippen LogP) is 3.75. The average molecular weight is 266 g/mol. The number of hydrogen-bond donors (Lipinski definition) is 1. The molecule has 0 aliphatic rings. The molecule has 0 amide bonds. The van der Waals surface area contributed by atoms with Crippen LogP contribution in [-0.4, -0.2) is 17.4 Å². The van der Waals surface area contributed by atoms with Gasteiger partial charge in [-0.3, -0.25) is 4.79 Å². The predicted molar refractivity (Wildman–Crippen MR) is 78.5 cm³/mol. The van der Waals surface area contributed by atoms with Gasteiger partial charge in [0.2, 0.25) is 6.29 Å². The SMILES string of the molecule is C=C(C)/C(=C/CC(C)CC(O)OC(C)=O)C/C=C/C. The van der Waals surface area contributed by atoms with Crippen LogP contribution in [0.2, 0.25) is 0 Å². The zero-order valence-electron chi connectivity index (χ0n) is 12.5. The molecule has 0 rings (SSSR count). The first-order chi connectivity index (χ1) is 8.86. The second-order valence-electron chi connectivity index (χ2n) is 4.92. The molecule has 3 nitrogen and oxygen atoms in total. The number of carbonyl (C=O) groups excluding carboxylic acids is 1. The van der Waals surface area contributed by atoms with Gasteiger partial charge in [-0.25, -0.2) is 0 Å². The summed E-state index contributed by atoms with van der Waals surface area (Å²) >= 11 is 0. The summed E-state index contributed by atoms with van der Waals surface area (Å²) in [6.45, 7) is 11.3. The van der Waals surface area contributed by atoms with Crippen molar-refractivity contribution >= 4 is 5.97 Å². The largest absolute Gasteiger partial charge is 0.436 e. The number of rotatable bonds is 8. The third-order valence-corrected chi connectivity index (χ3v) is 2.79. The van der Waals surface area contributed by atoms with Gasteiger partial charge in [0, 0.05) is 13.3 Å². The first-order valence-corrected chi connectivity index (χ1v) is 6.68. The lowest BCUT2D eigenvalue weighted by atomic mass is 9.98. The van der Waals surface area contributed by atoms with E-state index in [0.29, 0.717) is 6.42 Å². The number of aliphatic hydroxyl groups is 1. The van der Waals surface area contributed by atoms with Crippen LogP contribution >= 0.6 is 0 Å². The lowest BCUT2D eigenvalue weighted by molar-refractivity contribution is -0.167. The summed E-state index contributed by atoms with van der Waals surface area (Å²) in [6.07, 6.45) is 7.41. The van der Waals surface area contributed by atoms with Crippen LogP contribution < -0.4 is 0 Å². The molecule has 0 bridgehead atoms. The summed E-state index contributed by atoms with van der Waals surface area (Å²) in [5, 5.41) is 9.51. The van der Waals surface area contributed by atoms with E-state index in [-0.39, 0.29) is 5.92 Å². The van der Waals surface area contributed by atoms with Crippen LogP contribution in [0.5, 0.6) is 0 Å². The standard InChI is InChI=1S/C16H26O3/c1-6-7-8-15(12(2)3)10-9-13(4)11-16(18)19-14(5)17/h6-7,10,13,16,18H,2,8-9,11H2,1,3-5H3/b7-6+,15-10+. The molecule has 0 aliphatic heterocycles. The van der Waals surface area contributed by atoms with E-state index >= 15 is 0 Å². The zero-order valence-corrected chi connectivity index (χ0v) is 12.5. The molecule has 0 aromatic carbocycles. The van der Waals surface area contributed by atoms with E-state index in [1.807, 2.05) is 26.8 Å². The molecule has 0 saturated heterocycles. The maximum atomic E-state index is 10.7. The monoisotopic (exact) mass is 266 g/mol. The summed E-state index contributed by atoms with van der Waals surface area (Å²) in [5.74, 6) is -0.208. The Labute approximate surface area is 116 Å². The fourth-order valence-electron chi connectivity index (χ4n) is 1.70. The molecule has 19 heavy (non-hydrogen) atoms. The summed E-state index contributed by atoms with van der Waals surface area (Å²) < 4.78 is 4.71. The number of carbonyl (C=O) groups is 1. The second-order valence-corrected chi connectivity index (χ2v) is 4.92. The van der Waals surface area contributed by atoms with Gasteiger partial charge in [-0.2, -0.15) is 0 Å². The van der Waals surface area contributed by atoms with Gasteiger partial charge in [0.1, 0.15) is 0 Å². The van der Waals surface area contributed by atoms with Crippen molar-refractivity contribution in [3.8, 4) is 0 Å². The van der Waals surface area contributed by atoms with E-state index in [0.717, 1.165) is 18.4 Å². The fraction of sp³-hybridized carbons (Fsp3) is 0.562. The molecule has 0 aliphatic carbocycles. The molecule has 0 aromatic heterocycles. The van der Waals surface area contributed by atoms with Gasteiger partial charge in [0.05, 0.1) is 0 Å². The highest BCUT2D eigenvalue weighted by atomic mass is 16.6. The van der Waals surface area contributed by atoms with Crippen LogP contribution in [0, 0.1) is 5.92 Å². The van der Waals surface area contributed by atoms with Crippen molar-refractivity contribution in [1.29, 1.82) is 0 Å². The quantitative estimate of drug-likeness (QED) is 0.315. The van der Waals surface area contributed by atoms with Crippen LogP contribution in [-0.2, 0) is 9.53 Å². The van der Waals surface area contributed by atoms with Gasteiger partial charge in [0.15, 0.2) is 0 Å². The molecule has 0 fully saturated rings. The summed E-state index contributed by atoms with van der Waals surface area (Å²) in [6, 6.07) is 0. The van der Waals surface area contributed by atoms with Crippen LogP contribution in [0.3, 0.4) is 0 Å². The topological polar surface area (TPSA) is 46.5 Å². The zero-order chi connectivity index (χ0) is 14.8. The molecular formula is C16H26O3. The Morgan fingerprint density at radius 2 is 2.05 bits per heavy atom. The Balaban J connectivity index is 4.32. The molecule has 0 aromatic rings. The van der Waals surface area contributed by atoms with Gasteiger partial charge >= 0.3 is 5.97 Å². The van der Waals surface area contributed by atoms with Gasteiger partial charge in [-0.05, 0) is 38.2 Å². The Bertz CT molecular complexity index is 353. The van der Waals surface area contributed by atoms with Crippen LogP contribution in [0.25, 0.3) is 0 Å². The van der Waals surface area contributed by atoms with E-state index in [4.69, 9.17) is 4.74 Å². The van der Waals surface area contributed by atoms with Crippen molar-refractivity contribution in [2.75, 3.05) is 0 Å². The number of esters is 1. The Morgan fingerprint density at radius 3 is 2.53 bits per heavy atom. The third kappa shape index (κ3) is 9.25. The maximum Gasteiger partial charge on any atom is 0.304 e. The van der Waals surface area contributed by atoms with Gasteiger partial charge < -0.3 is 9.84 Å². The third-order valence-electron chi connectivity index (χ3n) is 2.79. The molecule has 0 saturated carbocycles. The molecular weight excluding hydrogens is 240 g/mol. The fourth-order valence-corrected chi connectivity index (χ4v) is 1.70. The van der Waals surface area contributed by atoms with Crippen LogP contribution in [0.1, 0.15) is 47.0 Å². The van der Waals surface area contributed by atoms with Crippen LogP contribution in [0.15, 0.2) is 36.0 Å². The van der Waals surface area contributed by atoms with E-state index in [2.05, 4.69) is 18.7 Å². The minimum absolute atomic E-state index is 0.245. The lowest BCUT2D eigenvalue weighted by Gasteiger charge is -2.15. The van der Waals surface area contributed by atoms with Gasteiger partial charge in [-0.1, -0.05) is 37.3 Å². The molecule has 1 N–H and O–H groups in total. The summed E-state index contributed by atoms with van der Waals surface area (Å²) in [5.41, 5.74) is 2.28. The summed E-state index contributed by atoms with van der Waals surface area (Å²) in [4.78, 5) is 10.7. The van der Waals surface area contributed by atoms with Crippen molar-refractivity contribution in [3.63, 3.8) is 0 Å². The van der Waals surface area contributed by atoms with E-state index in [1.165, 1.54) is 12.5 Å². The minimum atomic E-state index is -1.01. The molecule has 2 unspecified atom stereocenters. The number of hydrogen-bond acceptors (Lipinski definition) is 3. The number of allylic oxidation sites excluding steroid dienone is 5. The van der Waals surface area contributed by atoms with Crippen molar-refractivity contribution in [3.05, 3.63) is 36.0 Å². The van der Waals surface area contributed by atoms with E-state index < -0.39 is 12.3 Å². The lowest BCUT2D eigenvalue weighted by Crippen LogP contribution is -2.18. The molecule has 0 heterocycles. The highest BCUT2D eigenvalue weighted by Gasteiger charge is 2.12. The van der Waals surface area contributed by atoms with Crippen molar-refractivity contribution in [2.24, 2.45) is 5.92 Å². The minimum Gasteiger partial charge on any atom is -0.436 e. The van der Waals surface area contributed by atoms with Crippen molar-refractivity contribution in [1.82, 2.24) is 0 Å². The van der Waals surface area contributed by atoms with Gasteiger partial charge in [0.25, 0.3) is 0 Å². The number of aliphatic hydroxyl groups excluding tert-OH is 1. The van der Waals surface area contributed by atoms with Gasteiger partial charge in [-0.15, -0.1) is 0 Å². The van der Waals surface area contributed by atoms with Crippen molar-refractivity contribution < 1.29 is 14.6 Å². The molecule has 108 valence electrons. The van der Waals surface area contributed by atoms with E-state index in [9.17, 15) is 9.90 Å². The first-order valence-electron chi connectivity index (χ1n) is 6.68. The second kappa shape index (κ2) is 9.56. The molecule has 2 atom stereocenters. The van der Waals surface area contributed by atoms with Crippen molar-refractivity contribution in [2.45, 2.75) is 53.2 Å². The normalized spacial score (nSPS) is 15.3. The first kappa shape index (κ1) is 17.6. The highest BCUT2D eigenvalue weighted by molar-refractivity contribution is 5.65. The Morgan fingerprint density at radius 1 is 1.42 bits per heavy atom. The van der Waals surface area contributed by atoms with Crippen LogP contribution in [0.4, 0.5) is 0 Å². The molecule has 3 heteroatoms. The number of ether oxygens (including phenoxy) is 1. The highest BCUT2D eigenvalue weighted by Crippen LogP contribution is 2.18. The average Bonchev–Trinajstić information content (AvgIpc) is 2.27. The molecule has 0 spiro atoms. The van der Waals surface area contributed by atoms with E-state index in [1.54, 1.807) is 0 Å².